The van der Waals surface area contributed by atoms with E-state index in [0.29, 0.717) is 13.1 Å². The molecule has 1 fully saturated rings. The lowest BCUT2D eigenvalue weighted by Crippen LogP contribution is -2.65. The van der Waals surface area contributed by atoms with Crippen LogP contribution in [0.25, 0.3) is 0 Å². The molecular formula is C12H15FN2. The minimum atomic E-state index is -1.03. The molecule has 1 aromatic carbocycles. The number of nitrogens with one attached hydrogen (secondary N) is 2. The third-order valence-corrected chi connectivity index (χ3v) is 3.51. The first-order chi connectivity index (χ1) is 7.28. The molecule has 0 aliphatic carbocycles. The van der Waals surface area contributed by atoms with E-state index in [-0.39, 0.29) is 6.04 Å². The molecule has 1 atom stereocenters. The zero-order valence-corrected chi connectivity index (χ0v) is 8.59. The molecule has 15 heavy (non-hydrogen) atoms. The van der Waals surface area contributed by atoms with Gasteiger partial charge in [-0.2, -0.15) is 0 Å². The zero-order valence-electron chi connectivity index (χ0n) is 8.59. The SMILES string of the molecule is FC1(C2CCc3ccccc3N2)CNC1. The Bertz CT molecular complexity index is 374. The van der Waals surface area contributed by atoms with Crippen LogP contribution in [-0.4, -0.2) is 24.8 Å². The lowest BCUT2D eigenvalue weighted by atomic mass is 9.83. The number of alkyl halides is 1. The highest BCUT2D eigenvalue weighted by Crippen LogP contribution is 2.33. The van der Waals surface area contributed by atoms with Gasteiger partial charge in [0.15, 0.2) is 5.67 Å². The van der Waals surface area contributed by atoms with E-state index in [0.717, 1.165) is 18.5 Å². The highest BCUT2D eigenvalue weighted by atomic mass is 19.1. The van der Waals surface area contributed by atoms with Crippen molar-refractivity contribution >= 4 is 5.69 Å². The Morgan fingerprint density at radius 3 is 2.80 bits per heavy atom. The van der Waals surface area contributed by atoms with E-state index in [4.69, 9.17) is 0 Å². The largest absolute Gasteiger partial charge is 0.379 e. The second-order valence-electron chi connectivity index (χ2n) is 4.53. The maximum absolute atomic E-state index is 14.2. The van der Waals surface area contributed by atoms with Crippen LogP contribution in [0.3, 0.4) is 0 Å². The zero-order chi connectivity index (χ0) is 10.3. The van der Waals surface area contributed by atoms with E-state index >= 15 is 0 Å². The van der Waals surface area contributed by atoms with Crippen molar-refractivity contribution in [3.05, 3.63) is 29.8 Å². The van der Waals surface area contributed by atoms with Gasteiger partial charge in [0.1, 0.15) is 0 Å². The average molecular weight is 206 g/mol. The van der Waals surface area contributed by atoms with Crippen molar-refractivity contribution in [2.24, 2.45) is 0 Å². The van der Waals surface area contributed by atoms with Crippen molar-refractivity contribution in [2.75, 3.05) is 18.4 Å². The summed E-state index contributed by atoms with van der Waals surface area (Å²) in [6.07, 6.45) is 1.88. The molecular weight excluding hydrogens is 191 g/mol. The lowest BCUT2D eigenvalue weighted by molar-refractivity contribution is 0.0637. The normalized spacial score (nSPS) is 27.4. The highest BCUT2D eigenvalue weighted by molar-refractivity contribution is 5.54. The molecule has 0 amide bonds. The number of hydrogen-bond donors (Lipinski definition) is 2. The Balaban J connectivity index is 1.83. The summed E-state index contributed by atoms with van der Waals surface area (Å²) in [7, 11) is 0. The molecule has 1 aromatic rings. The van der Waals surface area contributed by atoms with Crippen LogP contribution in [0.5, 0.6) is 0 Å². The molecule has 2 aliphatic rings. The molecule has 1 unspecified atom stereocenters. The van der Waals surface area contributed by atoms with Crippen molar-refractivity contribution in [2.45, 2.75) is 24.6 Å². The molecule has 0 saturated carbocycles. The number of halogens is 1. The van der Waals surface area contributed by atoms with E-state index in [1.54, 1.807) is 0 Å². The van der Waals surface area contributed by atoms with Gasteiger partial charge in [-0.1, -0.05) is 18.2 Å². The van der Waals surface area contributed by atoms with E-state index < -0.39 is 5.67 Å². The fourth-order valence-corrected chi connectivity index (χ4v) is 2.44. The van der Waals surface area contributed by atoms with Gasteiger partial charge in [0.25, 0.3) is 0 Å². The number of anilines is 1. The molecule has 1 saturated heterocycles. The third kappa shape index (κ3) is 1.42. The van der Waals surface area contributed by atoms with E-state index in [1.807, 2.05) is 18.2 Å². The first kappa shape index (κ1) is 9.16. The summed E-state index contributed by atoms with van der Waals surface area (Å²) in [4.78, 5) is 0. The predicted molar refractivity (Wildman–Crippen MR) is 58.9 cm³/mol. The molecule has 80 valence electrons. The second kappa shape index (κ2) is 3.20. The molecule has 3 rings (SSSR count). The number of rotatable bonds is 1. The quantitative estimate of drug-likeness (QED) is 0.731. The van der Waals surface area contributed by atoms with Gasteiger partial charge in [-0.3, -0.25) is 0 Å². The Morgan fingerprint density at radius 2 is 2.07 bits per heavy atom. The van der Waals surface area contributed by atoms with Crippen LogP contribution >= 0.6 is 0 Å². The van der Waals surface area contributed by atoms with Crippen molar-refractivity contribution < 1.29 is 4.39 Å². The molecule has 0 spiro atoms. The van der Waals surface area contributed by atoms with Crippen LogP contribution in [0.1, 0.15) is 12.0 Å². The molecule has 2 heterocycles. The summed E-state index contributed by atoms with van der Waals surface area (Å²) < 4.78 is 14.2. The fourth-order valence-electron chi connectivity index (χ4n) is 2.44. The molecule has 2 aliphatic heterocycles. The van der Waals surface area contributed by atoms with Crippen LogP contribution in [0.4, 0.5) is 10.1 Å². The van der Waals surface area contributed by atoms with Crippen LogP contribution in [0, 0.1) is 0 Å². The van der Waals surface area contributed by atoms with Gasteiger partial charge >= 0.3 is 0 Å². The lowest BCUT2D eigenvalue weighted by Gasteiger charge is -2.44. The summed E-state index contributed by atoms with van der Waals surface area (Å²) in [6.45, 7) is 0.986. The smallest absolute Gasteiger partial charge is 0.155 e. The van der Waals surface area contributed by atoms with Crippen LogP contribution < -0.4 is 10.6 Å². The highest BCUT2D eigenvalue weighted by Gasteiger charge is 2.45. The molecule has 3 heteroatoms. The summed E-state index contributed by atoms with van der Waals surface area (Å²) >= 11 is 0. The number of para-hydroxylation sites is 1. The Morgan fingerprint density at radius 1 is 1.27 bits per heavy atom. The van der Waals surface area contributed by atoms with Crippen molar-refractivity contribution in [1.29, 1.82) is 0 Å². The topological polar surface area (TPSA) is 24.1 Å². The Labute approximate surface area is 88.9 Å². The van der Waals surface area contributed by atoms with Crippen molar-refractivity contribution in [3.8, 4) is 0 Å². The molecule has 0 radical (unpaired) electrons. The predicted octanol–water partition coefficient (Wildman–Crippen LogP) is 1.72. The first-order valence-electron chi connectivity index (χ1n) is 5.52. The minimum Gasteiger partial charge on any atom is -0.379 e. The molecule has 2 nitrogen and oxygen atoms in total. The summed E-state index contributed by atoms with van der Waals surface area (Å²) in [5.74, 6) is 0. The number of aryl methyl sites for hydroxylation is 1. The van der Waals surface area contributed by atoms with Gasteiger partial charge in [0.05, 0.1) is 6.04 Å². The summed E-state index contributed by atoms with van der Waals surface area (Å²) in [5.41, 5.74) is 1.38. The van der Waals surface area contributed by atoms with Crippen LogP contribution in [-0.2, 0) is 6.42 Å². The third-order valence-electron chi connectivity index (χ3n) is 3.51. The maximum Gasteiger partial charge on any atom is 0.155 e. The van der Waals surface area contributed by atoms with Gasteiger partial charge < -0.3 is 10.6 Å². The monoisotopic (exact) mass is 206 g/mol. The average Bonchev–Trinajstić information content (AvgIpc) is 2.25. The fraction of sp³-hybridized carbons (Fsp3) is 0.500. The van der Waals surface area contributed by atoms with Crippen molar-refractivity contribution in [1.82, 2.24) is 5.32 Å². The van der Waals surface area contributed by atoms with E-state index in [2.05, 4.69) is 16.7 Å². The first-order valence-corrected chi connectivity index (χ1v) is 5.52. The van der Waals surface area contributed by atoms with Crippen molar-refractivity contribution in [3.63, 3.8) is 0 Å². The van der Waals surface area contributed by atoms with Crippen LogP contribution in [0.2, 0.25) is 0 Å². The van der Waals surface area contributed by atoms with Gasteiger partial charge in [0.2, 0.25) is 0 Å². The van der Waals surface area contributed by atoms with E-state index in [9.17, 15) is 4.39 Å². The van der Waals surface area contributed by atoms with Crippen LogP contribution in [0.15, 0.2) is 24.3 Å². The van der Waals surface area contributed by atoms with Gasteiger partial charge in [-0.25, -0.2) is 4.39 Å². The molecule has 2 N–H and O–H groups in total. The van der Waals surface area contributed by atoms with E-state index in [1.165, 1.54) is 5.56 Å². The Kier molecular flexibility index (Phi) is 1.96. The molecule has 0 bridgehead atoms. The van der Waals surface area contributed by atoms with Gasteiger partial charge in [-0.05, 0) is 24.5 Å². The van der Waals surface area contributed by atoms with Gasteiger partial charge in [-0.15, -0.1) is 0 Å². The van der Waals surface area contributed by atoms with Gasteiger partial charge in [0, 0.05) is 18.8 Å². The number of fused-ring (bicyclic) bond motifs is 1. The molecule has 0 aromatic heterocycles. The number of hydrogen-bond acceptors (Lipinski definition) is 2. The summed E-state index contributed by atoms with van der Waals surface area (Å²) in [5, 5.41) is 6.33. The second-order valence-corrected chi connectivity index (χ2v) is 4.53. The number of benzene rings is 1. The summed E-state index contributed by atoms with van der Waals surface area (Å²) in [6, 6.07) is 8.17. The Hall–Kier alpha value is -1.09. The maximum atomic E-state index is 14.2. The minimum absolute atomic E-state index is 0.0198. The standard InChI is InChI=1S/C12H15FN2/c13-12(7-14-8-12)11-6-5-9-3-1-2-4-10(9)15-11/h1-4,11,14-15H,5-8H2.